The highest BCUT2D eigenvalue weighted by Gasteiger charge is 2.63. The average molecular weight is 310 g/mol. The minimum Gasteiger partial charge on any atom is -0.378 e. The van der Waals surface area contributed by atoms with E-state index < -0.39 is 23.4 Å². The lowest BCUT2D eigenvalue weighted by Gasteiger charge is -2.24. The van der Waals surface area contributed by atoms with Crippen LogP contribution in [0, 0.1) is 0 Å². The number of ketones is 1. The molecule has 0 aliphatic carbocycles. The monoisotopic (exact) mass is 310 g/mol. The molecule has 21 heavy (non-hydrogen) atoms. The van der Waals surface area contributed by atoms with Crippen molar-refractivity contribution in [2.45, 2.75) is 12.1 Å². The predicted octanol–water partition coefficient (Wildman–Crippen LogP) is 3.20. The predicted molar refractivity (Wildman–Crippen MR) is 70.4 cm³/mol. The van der Waals surface area contributed by atoms with Gasteiger partial charge in [-0.2, -0.15) is 22.0 Å². The third-order valence-electron chi connectivity index (χ3n) is 2.87. The maximum Gasteiger partial charge on any atom is 0.461 e. The molecule has 0 atom stereocenters. The second-order valence-electron chi connectivity index (χ2n) is 4.89. The molecule has 1 aromatic rings. The number of carbonyl (C=O) groups excluding carboxylic acids is 1. The standard InChI is InChI=1S/C13H15F5N2O/c1-19(2)8-5-6-9(10(7-8)20(3)4)11(21)12(14,15)13(16,17)18/h5-7H,1-4H3. The molecule has 0 saturated heterocycles. The summed E-state index contributed by atoms with van der Waals surface area (Å²) in [5, 5.41) is 0. The SMILES string of the molecule is CN(C)c1ccc(C(=O)C(F)(F)C(F)(F)F)c(N(C)C)c1. The maximum atomic E-state index is 13.2. The fourth-order valence-corrected chi connectivity index (χ4v) is 1.66. The Morgan fingerprint density at radius 1 is 0.952 bits per heavy atom. The first-order chi connectivity index (χ1) is 9.39. The Hall–Kier alpha value is -1.86. The van der Waals surface area contributed by atoms with Gasteiger partial charge >= 0.3 is 12.1 Å². The van der Waals surface area contributed by atoms with E-state index >= 15 is 0 Å². The summed E-state index contributed by atoms with van der Waals surface area (Å²) >= 11 is 0. The van der Waals surface area contributed by atoms with Crippen molar-refractivity contribution in [1.82, 2.24) is 0 Å². The first-order valence-corrected chi connectivity index (χ1v) is 5.87. The van der Waals surface area contributed by atoms with Gasteiger partial charge < -0.3 is 9.80 Å². The van der Waals surface area contributed by atoms with Gasteiger partial charge in [0.25, 0.3) is 0 Å². The first kappa shape index (κ1) is 17.2. The highest BCUT2D eigenvalue weighted by molar-refractivity contribution is 6.06. The van der Waals surface area contributed by atoms with E-state index in [4.69, 9.17) is 0 Å². The summed E-state index contributed by atoms with van der Waals surface area (Å²) in [5.74, 6) is -7.68. The Balaban J connectivity index is 3.40. The van der Waals surface area contributed by atoms with Crippen LogP contribution in [0.5, 0.6) is 0 Å². The van der Waals surface area contributed by atoms with E-state index in [1.54, 1.807) is 19.0 Å². The van der Waals surface area contributed by atoms with Gasteiger partial charge in [-0.1, -0.05) is 0 Å². The topological polar surface area (TPSA) is 23.6 Å². The van der Waals surface area contributed by atoms with E-state index in [0.717, 1.165) is 6.07 Å². The smallest absolute Gasteiger partial charge is 0.378 e. The molecule has 1 aromatic carbocycles. The van der Waals surface area contributed by atoms with Gasteiger partial charge in [0.1, 0.15) is 0 Å². The van der Waals surface area contributed by atoms with Crippen molar-refractivity contribution in [1.29, 1.82) is 0 Å². The lowest BCUT2D eigenvalue weighted by Crippen LogP contribution is -2.44. The van der Waals surface area contributed by atoms with Crippen molar-refractivity contribution in [3.05, 3.63) is 23.8 Å². The molecule has 3 nitrogen and oxygen atoms in total. The molecule has 0 radical (unpaired) electrons. The summed E-state index contributed by atoms with van der Waals surface area (Å²) in [5.41, 5.74) is -0.103. The van der Waals surface area contributed by atoms with Crippen molar-refractivity contribution in [2.75, 3.05) is 38.0 Å². The summed E-state index contributed by atoms with van der Waals surface area (Å²) in [6.07, 6.45) is -5.92. The van der Waals surface area contributed by atoms with Crippen LogP contribution in [0.2, 0.25) is 0 Å². The number of halogens is 5. The molecule has 0 spiro atoms. The van der Waals surface area contributed by atoms with Crippen molar-refractivity contribution in [2.24, 2.45) is 0 Å². The van der Waals surface area contributed by atoms with Gasteiger partial charge in [0.2, 0.25) is 5.78 Å². The van der Waals surface area contributed by atoms with Gasteiger partial charge in [-0.05, 0) is 18.2 Å². The van der Waals surface area contributed by atoms with Crippen LogP contribution in [0.1, 0.15) is 10.4 Å². The third-order valence-corrected chi connectivity index (χ3v) is 2.87. The van der Waals surface area contributed by atoms with E-state index in [9.17, 15) is 26.7 Å². The van der Waals surface area contributed by atoms with Crippen LogP contribution in [0.3, 0.4) is 0 Å². The largest absolute Gasteiger partial charge is 0.461 e. The lowest BCUT2D eigenvalue weighted by atomic mass is 10.0. The molecule has 0 aliphatic heterocycles. The fourth-order valence-electron chi connectivity index (χ4n) is 1.66. The zero-order chi connectivity index (χ0) is 16.6. The number of benzene rings is 1. The molecule has 118 valence electrons. The second kappa shape index (κ2) is 5.50. The summed E-state index contributed by atoms with van der Waals surface area (Å²) < 4.78 is 63.4. The number of nitrogens with zero attached hydrogens (tertiary/aromatic N) is 2. The lowest BCUT2D eigenvalue weighted by molar-refractivity contribution is -0.255. The minimum atomic E-state index is -5.92. The molecular weight excluding hydrogens is 295 g/mol. The Morgan fingerprint density at radius 3 is 1.86 bits per heavy atom. The molecule has 8 heteroatoms. The molecule has 0 amide bonds. The molecule has 0 heterocycles. The Kier molecular flexibility index (Phi) is 4.50. The second-order valence-corrected chi connectivity index (χ2v) is 4.89. The van der Waals surface area contributed by atoms with Gasteiger partial charge in [0.05, 0.1) is 0 Å². The molecular formula is C13H15F5N2O. The number of Topliss-reactive ketones (excluding diaryl/α,β-unsaturated/α-hetero) is 1. The number of alkyl halides is 5. The van der Waals surface area contributed by atoms with E-state index in [0.29, 0.717) is 5.69 Å². The number of hydrogen-bond donors (Lipinski definition) is 0. The third kappa shape index (κ3) is 3.25. The molecule has 0 fully saturated rings. The molecule has 0 aliphatic rings. The van der Waals surface area contributed by atoms with Crippen LogP contribution in [-0.4, -0.2) is 46.1 Å². The molecule has 0 bridgehead atoms. The summed E-state index contributed by atoms with van der Waals surface area (Å²) in [6, 6.07) is 3.67. The zero-order valence-corrected chi connectivity index (χ0v) is 11.9. The van der Waals surface area contributed by atoms with Gasteiger partial charge in [-0.3, -0.25) is 4.79 Å². The van der Waals surface area contributed by atoms with E-state index in [1.165, 1.54) is 31.1 Å². The van der Waals surface area contributed by atoms with Crippen molar-refractivity contribution < 1.29 is 26.7 Å². The summed E-state index contributed by atoms with van der Waals surface area (Å²) in [4.78, 5) is 14.6. The molecule has 0 N–H and O–H groups in total. The minimum absolute atomic E-state index is 0.00451. The number of anilines is 2. The Morgan fingerprint density at radius 2 is 1.48 bits per heavy atom. The highest BCUT2D eigenvalue weighted by Crippen LogP contribution is 2.40. The molecule has 0 aromatic heterocycles. The number of carbonyl (C=O) groups is 1. The van der Waals surface area contributed by atoms with Crippen LogP contribution in [0.25, 0.3) is 0 Å². The van der Waals surface area contributed by atoms with Crippen molar-refractivity contribution in [3.8, 4) is 0 Å². The van der Waals surface area contributed by atoms with Crippen LogP contribution in [0.4, 0.5) is 33.3 Å². The Bertz CT molecular complexity index is 538. The van der Waals surface area contributed by atoms with Gasteiger partial charge in [-0.25, -0.2) is 0 Å². The average Bonchev–Trinajstić information content (AvgIpc) is 2.35. The number of rotatable bonds is 4. The summed E-state index contributed by atoms with van der Waals surface area (Å²) in [7, 11) is 6.27. The number of hydrogen-bond acceptors (Lipinski definition) is 3. The molecule has 1 rings (SSSR count). The van der Waals surface area contributed by atoms with Gasteiger partial charge in [-0.15, -0.1) is 0 Å². The van der Waals surface area contributed by atoms with Crippen LogP contribution in [0.15, 0.2) is 18.2 Å². The van der Waals surface area contributed by atoms with Crippen LogP contribution in [-0.2, 0) is 0 Å². The molecule has 0 unspecified atom stereocenters. The summed E-state index contributed by atoms with van der Waals surface area (Å²) in [6.45, 7) is 0. The van der Waals surface area contributed by atoms with Crippen LogP contribution < -0.4 is 9.80 Å². The normalized spacial score (nSPS) is 12.2. The van der Waals surface area contributed by atoms with Gasteiger partial charge in [0.15, 0.2) is 0 Å². The van der Waals surface area contributed by atoms with Gasteiger partial charge in [0, 0.05) is 45.1 Å². The van der Waals surface area contributed by atoms with E-state index in [-0.39, 0.29) is 5.69 Å². The maximum absolute atomic E-state index is 13.2. The van der Waals surface area contributed by atoms with Crippen molar-refractivity contribution in [3.63, 3.8) is 0 Å². The first-order valence-electron chi connectivity index (χ1n) is 5.87. The van der Waals surface area contributed by atoms with E-state index in [1.807, 2.05) is 0 Å². The zero-order valence-electron chi connectivity index (χ0n) is 11.9. The van der Waals surface area contributed by atoms with Crippen LogP contribution >= 0.6 is 0 Å². The van der Waals surface area contributed by atoms with Crippen molar-refractivity contribution >= 4 is 17.2 Å². The highest BCUT2D eigenvalue weighted by atomic mass is 19.4. The van der Waals surface area contributed by atoms with E-state index in [2.05, 4.69) is 0 Å². The Labute approximate surface area is 118 Å². The fraction of sp³-hybridized carbons (Fsp3) is 0.462. The molecule has 0 saturated carbocycles. The quantitative estimate of drug-likeness (QED) is 0.630.